The zero-order chi connectivity index (χ0) is 30.0. The summed E-state index contributed by atoms with van der Waals surface area (Å²) in [5.41, 5.74) is 9.01. The lowest BCUT2D eigenvalue weighted by molar-refractivity contribution is 0.823. The van der Waals surface area contributed by atoms with Crippen molar-refractivity contribution in [2.45, 2.75) is 13.8 Å². The summed E-state index contributed by atoms with van der Waals surface area (Å²) in [5, 5.41) is 11.8. The zero-order valence-corrected chi connectivity index (χ0v) is 25.8. The molecule has 0 aliphatic heterocycles. The van der Waals surface area contributed by atoms with Crippen molar-refractivity contribution < 1.29 is 0 Å². The first-order chi connectivity index (χ1) is 21.5. The van der Waals surface area contributed by atoms with Crippen molar-refractivity contribution in [3.8, 4) is 44.3 Å². The first kappa shape index (κ1) is 27.8. The lowest BCUT2D eigenvalue weighted by Gasteiger charge is -2.07. The monoisotopic (exact) mass is 609 g/mol. The molecule has 0 bridgehead atoms. The second-order valence-electron chi connectivity index (χ2n) is 10.6. The molecule has 2 heterocycles. The number of hydrogen-bond acceptors (Lipinski definition) is 4. The van der Waals surface area contributed by atoms with Gasteiger partial charge in [-0.1, -0.05) is 131 Å². The average molecular weight is 610 g/mol. The Morgan fingerprint density at radius 3 is 1.68 bits per heavy atom. The van der Waals surface area contributed by atoms with Crippen LogP contribution in [0.2, 0.25) is 5.02 Å². The number of nitrogens with zero attached hydrogens (tertiary/aromatic N) is 5. The molecule has 0 N–H and O–H groups in total. The molecule has 214 valence electrons. The highest BCUT2D eigenvalue weighted by atomic mass is 35.5. The van der Waals surface area contributed by atoms with E-state index in [-0.39, 0.29) is 0 Å². The minimum atomic E-state index is 0.673. The lowest BCUT2D eigenvalue weighted by Crippen LogP contribution is -2.14. The number of halogens is 1. The number of aromatic nitrogens is 4. The SMILES string of the molecule is Cc1ccc(-c2nn(-c3ccccc3)c(=Nc3c(-c4ccc(Cl)cc4)c(-c4ccc(C)cc4)nn3-c3ccccc3)s2)cc1. The molecule has 0 fully saturated rings. The van der Waals surface area contributed by atoms with Crippen molar-refractivity contribution in [1.82, 2.24) is 19.6 Å². The van der Waals surface area contributed by atoms with Gasteiger partial charge in [0.05, 0.1) is 16.9 Å². The van der Waals surface area contributed by atoms with E-state index in [0.29, 0.717) is 10.8 Å². The van der Waals surface area contributed by atoms with Crippen LogP contribution in [0, 0.1) is 13.8 Å². The van der Waals surface area contributed by atoms with E-state index in [2.05, 4.69) is 62.4 Å². The molecule has 44 heavy (non-hydrogen) atoms. The minimum Gasteiger partial charge on any atom is -0.214 e. The average Bonchev–Trinajstić information content (AvgIpc) is 3.65. The van der Waals surface area contributed by atoms with Crippen LogP contribution < -0.4 is 4.80 Å². The van der Waals surface area contributed by atoms with E-state index in [4.69, 9.17) is 26.8 Å². The van der Waals surface area contributed by atoms with Gasteiger partial charge in [0.15, 0.2) is 5.82 Å². The Bertz CT molecular complexity index is 2110. The third kappa shape index (κ3) is 5.53. The van der Waals surface area contributed by atoms with Crippen molar-refractivity contribution in [3.63, 3.8) is 0 Å². The molecular weight excluding hydrogens is 582 g/mol. The molecule has 0 aliphatic carbocycles. The quantitative estimate of drug-likeness (QED) is 0.188. The van der Waals surface area contributed by atoms with E-state index in [1.165, 1.54) is 11.1 Å². The van der Waals surface area contributed by atoms with Gasteiger partial charge in [0.2, 0.25) is 4.80 Å². The minimum absolute atomic E-state index is 0.673. The van der Waals surface area contributed by atoms with Gasteiger partial charge in [-0.3, -0.25) is 0 Å². The maximum atomic E-state index is 6.35. The highest BCUT2D eigenvalue weighted by molar-refractivity contribution is 7.12. The fourth-order valence-electron chi connectivity index (χ4n) is 5.05. The molecule has 0 unspecified atom stereocenters. The van der Waals surface area contributed by atoms with Gasteiger partial charge < -0.3 is 0 Å². The van der Waals surface area contributed by atoms with E-state index in [1.54, 1.807) is 11.3 Å². The van der Waals surface area contributed by atoms with Crippen LogP contribution in [0.1, 0.15) is 11.1 Å². The molecule has 7 heteroatoms. The van der Waals surface area contributed by atoms with E-state index in [1.807, 2.05) is 94.3 Å². The zero-order valence-electron chi connectivity index (χ0n) is 24.2. The maximum Gasteiger partial charge on any atom is 0.214 e. The van der Waals surface area contributed by atoms with Gasteiger partial charge in [-0.05, 0) is 55.8 Å². The molecule has 0 radical (unpaired) electrons. The number of para-hydroxylation sites is 2. The summed E-state index contributed by atoms with van der Waals surface area (Å²) >= 11 is 7.90. The van der Waals surface area contributed by atoms with Gasteiger partial charge in [-0.25, -0.2) is 9.36 Å². The van der Waals surface area contributed by atoms with Crippen LogP contribution in [0.15, 0.2) is 138 Å². The Morgan fingerprint density at radius 2 is 1.09 bits per heavy atom. The smallest absolute Gasteiger partial charge is 0.214 e. The van der Waals surface area contributed by atoms with Gasteiger partial charge in [-0.15, -0.1) is 0 Å². The lowest BCUT2D eigenvalue weighted by atomic mass is 10.00. The van der Waals surface area contributed by atoms with Crippen LogP contribution in [0.4, 0.5) is 5.82 Å². The summed E-state index contributed by atoms with van der Waals surface area (Å²) in [7, 11) is 0. The largest absolute Gasteiger partial charge is 0.214 e. The van der Waals surface area contributed by atoms with Crippen LogP contribution in [-0.2, 0) is 0 Å². The maximum absolute atomic E-state index is 6.35. The van der Waals surface area contributed by atoms with Crippen LogP contribution >= 0.6 is 22.9 Å². The molecule has 0 atom stereocenters. The van der Waals surface area contributed by atoms with Crippen molar-refractivity contribution in [2.75, 3.05) is 0 Å². The van der Waals surface area contributed by atoms with E-state index >= 15 is 0 Å². The van der Waals surface area contributed by atoms with Gasteiger partial charge in [0.25, 0.3) is 0 Å². The van der Waals surface area contributed by atoms with Crippen LogP contribution in [-0.4, -0.2) is 19.6 Å². The van der Waals surface area contributed by atoms with Crippen molar-refractivity contribution in [1.29, 1.82) is 0 Å². The van der Waals surface area contributed by atoms with E-state index in [0.717, 1.165) is 49.1 Å². The van der Waals surface area contributed by atoms with E-state index in [9.17, 15) is 0 Å². The molecule has 5 nitrogen and oxygen atoms in total. The molecule has 0 aliphatic rings. The molecule has 0 amide bonds. The first-order valence-electron chi connectivity index (χ1n) is 14.3. The normalized spacial score (nSPS) is 11.7. The second kappa shape index (κ2) is 11.9. The highest BCUT2D eigenvalue weighted by Gasteiger charge is 2.23. The van der Waals surface area contributed by atoms with Gasteiger partial charge in [0.1, 0.15) is 10.7 Å². The molecule has 0 saturated carbocycles. The van der Waals surface area contributed by atoms with Crippen LogP contribution in [0.25, 0.3) is 44.3 Å². The molecule has 7 aromatic rings. The van der Waals surface area contributed by atoms with Crippen molar-refractivity contribution >= 4 is 28.8 Å². The number of benzene rings is 5. The molecule has 5 aromatic carbocycles. The Morgan fingerprint density at radius 1 is 0.568 bits per heavy atom. The van der Waals surface area contributed by atoms with Crippen molar-refractivity contribution in [2.24, 2.45) is 4.99 Å². The fraction of sp³-hybridized carbons (Fsp3) is 0.0541. The van der Waals surface area contributed by atoms with E-state index < -0.39 is 0 Å². The summed E-state index contributed by atoms with van der Waals surface area (Å²) < 4.78 is 3.85. The third-order valence-electron chi connectivity index (χ3n) is 7.38. The molecule has 7 rings (SSSR count). The summed E-state index contributed by atoms with van der Waals surface area (Å²) in [6.45, 7) is 4.18. The molecule has 0 spiro atoms. The fourth-order valence-corrected chi connectivity index (χ4v) is 6.09. The third-order valence-corrected chi connectivity index (χ3v) is 8.59. The van der Waals surface area contributed by atoms with Crippen molar-refractivity contribution in [3.05, 3.63) is 154 Å². The Hall–Kier alpha value is -5.04. The van der Waals surface area contributed by atoms with Crippen LogP contribution in [0.5, 0.6) is 0 Å². The Labute approximate surface area is 265 Å². The summed E-state index contributed by atoms with van der Waals surface area (Å²) in [6.07, 6.45) is 0. The summed E-state index contributed by atoms with van der Waals surface area (Å²) in [5.74, 6) is 0.706. The standard InChI is InChI=1S/C37H28ClN5S/c1-25-13-17-28(18-14-25)34-33(27-21-23-30(38)24-22-27)35(42(40-34)31-9-5-3-6-10-31)39-37-43(32-11-7-4-8-12-32)41-36(44-37)29-19-15-26(2)16-20-29/h3-24H,1-2H3. The van der Waals surface area contributed by atoms with Crippen LogP contribution in [0.3, 0.4) is 0 Å². The summed E-state index contributed by atoms with van der Waals surface area (Å²) in [4.78, 5) is 6.14. The summed E-state index contributed by atoms with van der Waals surface area (Å²) in [6, 6.07) is 45.0. The Balaban J connectivity index is 1.56. The van der Waals surface area contributed by atoms with Gasteiger partial charge >= 0.3 is 0 Å². The Kier molecular flexibility index (Phi) is 7.52. The first-order valence-corrected chi connectivity index (χ1v) is 15.5. The van der Waals surface area contributed by atoms with Gasteiger partial charge in [-0.2, -0.15) is 15.2 Å². The number of rotatable bonds is 6. The molecular formula is C37H28ClN5S. The number of hydrogen-bond donors (Lipinski definition) is 0. The molecule has 2 aromatic heterocycles. The predicted molar refractivity (Wildman–Crippen MR) is 181 cm³/mol. The number of aryl methyl sites for hydroxylation is 2. The molecule has 0 saturated heterocycles. The van der Waals surface area contributed by atoms with Gasteiger partial charge in [0, 0.05) is 16.1 Å². The highest BCUT2D eigenvalue weighted by Crippen LogP contribution is 2.41. The second-order valence-corrected chi connectivity index (χ2v) is 12.0. The predicted octanol–water partition coefficient (Wildman–Crippen LogP) is 9.62. The topological polar surface area (TPSA) is 48.0 Å².